The SMILES string of the molecule is CC(=O)N[C@H]1C[C@@H](c2cn(CCO)nc2C)O[C@@H](c2ccc(Cl)cc2)C1. The second-order valence-corrected chi connectivity index (χ2v) is 7.13. The number of aryl methyl sites for hydroxylation is 1. The Morgan fingerprint density at radius 2 is 2.04 bits per heavy atom. The molecule has 0 radical (unpaired) electrons. The molecule has 1 aromatic heterocycles. The third-order valence-corrected chi connectivity index (χ3v) is 4.89. The number of halogens is 1. The van der Waals surface area contributed by atoms with Gasteiger partial charge in [-0.1, -0.05) is 23.7 Å². The van der Waals surface area contributed by atoms with Gasteiger partial charge in [0.05, 0.1) is 31.1 Å². The van der Waals surface area contributed by atoms with Crippen LogP contribution < -0.4 is 5.32 Å². The average Bonchev–Trinajstić information content (AvgIpc) is 2.95. The number of nitrogens with one attached hydrogen (secondary N) is 1. The van der Waals surface area contributed by atoms with E-state index in [0.29, 0.717) is 24.4 Å². The summed E-state index contributed by atoms with van der Waals surface area (Å²) in [5.74, 6) is -0.0433. The Morgan fingerprint density at radius 3 is 2.69 bits per heavy atom. The number of carbonyl (C=O) groups excluding carboxylic acids is 1. The first-order chi connectivity index (χ1) is 12.5. The Kier molecular flexibility index (Phi) is 5.96. The van der Waals surface area contributed by atoms with Crippen molar-refractivity contribution >= 4 is 17.5 Å². The van der Waals surface area contributed by atoms with E-state index in [4.69, 9.17) is 21.4 Å². The van der Waals surface area contributed by atoms with Crippen LogP contribution in [0.15, 0.2) is 30.5 Å². The van der Waals surface area contributed by atoms with Crippen molar-refractivity contribution in [1.82, 2.24) is 15.1 Å². The van der Waals surface area contributed by atoms with E-state index in [1.165, 1.54) is 6.92 Å². The van der Waals surface area contributed by atoms with Gasteiger partial charge >= 0.3 is 0 Å². The Hall–Kier alpha value is -1.89. The molecule has 7 heteroatoms. The Labute approximate surface area is 158 Å². The van der Waals surface area contributed by atoms with E-state index >= 15 is 0 Å². The first-order valence-electron chi connectivity index (χ1n) is 8.79. The van der Waals surface area contributed by atoms with Crippen LogP contribution in [0.2, 0.25) is 5.02 Å². The monoisotopic (exact) mass is 377 g/mol. The average molecular weight is 378 g/mol. The molecule has 2 N–H and O–H groups in total. The standard InChI is InChI=1S/C19H24ClN3O3/c1-12-17(11-23(22-12)7-8-24)19-10-16(21-13(2)25)9-18(26-19)14-3-5-15(20)6-4-14/h3-6,11,16,18-19,24H,7-10H2,1-2H3,(H,21,25)/t16-,18-,19+/m1/s1. The summed E-state index contributed by atoms with van der Waals surface area (Å²) in [6, 6.07) is 7.64. The van der Waals surface area contributed by atoms with Crippen molar-refractivity contribution in [3.8, 4) is 0 Å². The van der Waals surface area contributed by atoms with Gasteiger partial charge in [-0.3, -0.25) is 9.48 Å². The van der Waals surface area contributed by atoms with Gasteiger partial charge < -0.3 is 15.2 Å². The van der Waals surface area contributed by atoms with Crippen LogP contribution in [0.3, 0.4) is 0 Å². The van der Waals surface area contributed by atoms with Crippen LogP contribution in [-0.4, -0.2) is 33.4 Å². The molecule has 1 saturated heterocycles. The van der Waals surface area contributed by atoms with E-state index < -0.39 is 0 Å². The number of benzene rings is 1. The van der Waals surface area contributed by atoms with Crippen LogP contribution in [0.25, 0.3) is 0 Å². The van der Waals surface area contributed by atoms with Gasteiger partial charge in [0, 0.05) is 29.7 Å². The molecule has 1 aliphatic rings. The number of amides is 1. The van der Waals surface area contributed by atoms with Gasteiger partial charge in [0.25, 0.3) is 0 Å². The van der Waals surface area contributed by atoms with Gasteiger partial charge in [-0.2, -0.15) is 5.10 Å². The molecule has 0 saturated carbocycles. The van der Waals surface area contributed by atoms with E-state index in [1.807, 2.05) is 37.4 Å². The topological polar surface area (TPSA) is 76.4 Å². The van der Waals surface area contributed by atoms with E-state index in [9.17, 15) is 4.79 Å². The first kappa shape index (κ1) is 18.9. The van der Waals surface area contributed by atoms with Crippen molar-refractivity contribution in [2.24, 2.45) is 0 Å². The van der Waals surface area contributed by atoms with Crippen LogP contribution in [0.1, 0.15) is 48.8 Å². The van der Waals surface area contributed by atoms with Crippen LogP contribution in [-0.2, 0) is 16.1 Å². The van der Waals surface area contributed by atoms with Gasteiger partial charge in [0.15, 0.2) is 0 Å². The number of carbonyl (C=O) groups is 1. The molecule has 1 amide bonds. The summed E-state index contributed by atoms with van der Waals surface area (Å²) < 4.78 is 8.10. The molecule has 1 aromatic carbocycles. The highest BCUT2D eigenvalue weighted by molar-refractivity contribution is 6.30. The molecule has 2 heterocycles. The zero-order chi connectivity index (χ0) is 18.7. The predicted octanol–water partition coefficient (Wildman–Crippen LogP) is 2.93. The van der Waals surface area contributed by atoms with Crippen molar-refractivity contribution < 1.29 is 14.6 Å². The predicted molar refractivity (Wildman–Crippen MR) is 98.9 cm³/mol. The van der Waals surface area contributed by atoms with Gasteiger partial charge in [0.1, 0.15) is 0 Å². The maximum Gasteiger partial charge on any atom is 0.217 e. The number of aromatic nitrogens is 2. The summed E-state index contributed by atoms with van der Waals surface area (Å²) in [7, 11) is 0. The Morgan fingerprint density at radius 1 is 1.35 bits per heavy atom. The summed E-state index contributed by atoms with van der Waals surface area (Å²) in [5.41, 5.74) is 2.91. The van der Waals surface area contributed by atoms with Crippen molar-refractivity contribution in [2.75, 3.05) is 6.61 Å². The summed E-state index contributed by atoms with van der Waals surface area (Å²) in [5, 5.41) is 17.3. The molecule has 0 aliphatic carbocycles. The zero-order valence-electron chi connectivity index (χ0n) is 15.0. The minimum Gasteiger partial charge on any atom is -0.394 e. The highest BCUT2D eigenvalue weighted by Crippen LogP contribution is 2.39. The first-order valence-corrected chi connectivity index (χ1v) is 9.17. The molecule has 1 fully saturated rings. The van der Waals surface area contributed by atoms with Crippen LogP contribution in [0, 0.1) is 6.92 Å². The highest BCUT2D eigenvalue weighted by atomic mass is 35.5. The summed E-state index contributed by atoms with van der Waals surface area (Å²) in [6.07, 6.45) is 3.01. The second kappa shape index (κ2) is 8.20. The molecule has 3 rings (SSSR count). The highest BCUT2D eigenvalue weighted by Gasteiger charge is 2.33. The summed E-state index contributed by atoms with van der Waals surface area (Å²) in [4.78, 5) is 11.6. The molecule has 2 aromatic rings. The summed E-state index contributed by atoms with van der Waals surface area (Å²) in [6.45, 7) is 3.95. The molecule has 0 bridgehead atoms. The number of nitrogens with zero attached hydrogens (tertiary/aromatic N) is 2. The smallest absolute Gasteiger partial charge is 0.217 e. The number of aliphatic hydroxyl groups is 1. The molecule has 0 unspecified atom stereocenters. The van der Waals surface area contributed by atoms with E-state index in [-0.39, 0.29) is 30.8 Å². The number of rotatable bonds is 5. The fourth-order valence-corrected chi connectivity index (χ4v) is 3.61. The number of ether oxygens (including phenoxy) is 1. The molecular weight excluding hydrogens is 354 g/mol. The number of aliphatic hydroxyl groups excluding tert-OH is 1. The van der Waals surface area contributed by atoms with E-state index in [2.05, 4.69) is 10.4 Å². The molecule has 3 atom stereocenters. The van der Waals surface area contributed by atoms with Crippen molar-refractivity contribution in [1.29, 1.82) is 0 Å². The fourth-order valence-electron chi connectivity index (χ4n) is 3.49. The van der Waals surface area contributed by atoms with Gasteiger partial charge in [-0.05, 0) is 37.5 Å². The normalized spacial score (nSPS) is 23.0. The minimum absolute atomic E-state index is 0.0209. The van der Waals surface area contributed by atoms with Crippen molar-refractivity contribution in [3.05, 3.63) is 52.3 Å². The Balaban J connectivity index is 1.86. The molecule has 1 aliphatic heterocycles. The van der Waals surface area contributed by atoms with Gasteiger partial charge in [0.2, 0.25) is 5.91 Å². The fraction of sp³-hybridized carbons (Fsp3) is 0.474. The lowest BCUT2D eigenvalue weighted by Gasteiger charge is -2.36. The van der Waals surface area contributed by atoms with Crippen LogP contribution in [0.4, 0.5) is 0 Å². The third-order valence-electron chi connectivity index (χ3n) is 4.64. The van der Waals surface area contributed by atoms with Crippen LogP contribution in [0.5, 0.6) is 0 Å². The maximum atomic E-state index is 11.6. The maximum absolute atomic E-state index is 11.6. The number of hydrogen-bond donors (Lipinski definition) is 2. The largest absolute Gasteiger partial charge is 0.394 e. The van der Waals surface area contributed by atoms with Crippen molar-refractivity contribution in [3.63, 3.8) is 0 Å². The van der Waals surface area contributed by atoms with E-state index in [0.717, 1.165) is 16.8 Å². The Bertz CT molecular complexity index is 760. The van der Waals surface area contributed by atoms with E-state index in [1.54, 1.807) is 4.68 Å². The zero-order valence-corrected chi connectivity index (χ0v) is 15.7. The number of hydrogen-bond acceptors (Lipinski definition) is 4. The summed E-state index contributed by atoms with van der Waals surface area (Å²) >= 11 is 6.00. The van der Waals surface area contributed by atoms with Gasteiger partial charge in [-0.25, -0.2) is 0 Å². The quantitative estimate of drug-likeness (QED) is 0.839. The third kappa shape index (κ3) is 4.44. The molecule has 26 heavy (non-hydrogen) atoms. The second-order valence-electron chi connectivity index (χ2n) is 6.69. The van der Waals surface area contributed by atoms with Crippen LogP contribution >= 0.6 is 11.6 Å². The molecule has 140 valence electrons. The van der Waals surface area contributed by atoms with Gasteiger partial charge in [-0.15, -0.1) is 0 Å². The molecular formula is C19H24ClN3O3. The lowest BCUT2D eigenvalue weighted by Crippen LogP contribution is -2.39. The van der Waals surface area contributed by atoms with Crippen molar-refractivity contribution in [2.45, 2.75) is 51.5 Å². The molecule has 6 nitrogen and oxygen atoms in total. The lowest BCUT2D eigenvalue weighted by atomic mass is 9.91. The lowest BCUT2D eigenvalue weighted by molar-refractivity contribution is -0.122. The minimum atomic E-state index is -0.172. The molecule has 0 spiro atoms.